The van der Waals surface area contributed by atoms with Gasteiger partial charge < -0.3 is 14.7 Å². The molecular formula is C14H18N2O4. The minimum absolute atomic E-state index is 0.247. The number of carbonyl (C=O) groups excluding carboxylic acids is 1. The van der Waals surface area contributed by atoms with Gasteiger partial charge in [-0.05, 0) is 36.5 Å². The van der Waals surface area contributed by atoms with E-state index in [0.717, 1.165) is 18.4 Å². The van der Waals surface area contributed by atoms with Crippen molar-refractivity contribution in [3.05, 3.63) is 30.1 Å². The van der Waals surface area contributed by atoms with E-state index in [1.807, 2.05) is 0 Å². The predicted molar refractivity (Wildman–Crippen MR) is 71.2 cm³/mol. The van der Waals surface area contributed by atoms with E-state index >= 15 is 0 Å². The molecule has 1 fully saturated rings. The van der Waals surface area contributed by atoms with Crippen molar-refractivity contribution in [2.24, 2.45) is 5.92 Å². The van der Waals surface area contributed by atoms with Crippen LogP contribution in [0.1, 0.15) is 18.4 Å². The van der Waals surface area contributed by atoms with Crippen molar-refractivity contribution in [1.29, 1.82) is 0 Å². The lowest BCUT2D eigenvalue weighted by molar-refractivity contribution is -0.144. The van der Waals surface area contributed by atoms with Crippen molar-refractivity contribution in [1.82, 2.24) is 9.88 Å². The fourth-order valence-corrected chi connectivity index (χ4v) is 2.22. The summed E-state index contributed by atoms with van der Waals surface area (Å²) in [6, 6.07) is 3.57. The number of likely N-dealkylation sites (tertiary alicyclic amines) is 1. The summed E-state index contributed by atoms with van der Waals surface area (Å²) in [6.07, 6.45) is 4.15. The summed E-state index contributed by atoms with van der Waals surface area (Å²) in [5.74, 6) is 0.00357. The van der Waals surface area contributed by atoms with Crippen molar-refractivity contribution in [3.63, 3.8) is 0 Å². The van der Waals surface area contributed by atoms with Gasteiger partial charge >= 0.3 is 12.1 Å². The van der Waals surface area contributed by atoms with E-state index < -0.39 is 6.09 Å². The molecule has 108 valence electrons. The van der Waals surface area contributed by atoms with Crippen LogP contribution in [0.3, 0.4) is 0 Å². The molecule has 1 amide bonds. The average Bonchev–Trinajstić information content (AvgIpc) is 2.46. The van der Waals surface area contributed by atoms with E-state index in [-0.39, 0.29) is 18.3 Å². The summed E-state index contributed by atoms with van der Waals surface area (Å²) in [6.45, 7) is 1.40. The van der Waals surface area contributed by atoms with Gasteiger partial charge in [-0.25, -0.2) is 4.79 Å². The lowest BCUT2D eigenvalue weighted by Gasteiger charge is -2.29. The van der Waals surface area contributed by atoms with Gasteiger partial charge in [-0.1, -0.05) is 0 Å². The third kappa shape index (κ3) is 4.22. The van der Waals surface area contributed by atoms with E-state index in [2.05, 4.69) is 4.98 Å². The Labute approximate surface area is 117 Å². The molecule has 1 N–H and O–H groups in total. The van der Waals surface area contributed by atoms with Crippen LogP contribution in [0.5, 0.6) is 0 Å². The molecular weight excluding hydrogens is 260 g/mol. The number of hydrogen-bond donors (Lipinski definition) is 1. The van der Waals surface area contributed by atoms with Crippen molar-refractivity contribution in [3.8, 4) is 0 Å². The van der Waals surface area contributed by atoms with E-state index in [1.54, 1.807) is 24.5 Å². The standard InChI is InChI=1S/C14H18N2O4/c17-13(9-11-1-5-15-6-2-11)20-10-12-3-7-16(8-4-12)14(18)19/h1-2,5-6,12H,3-4,7-10H2,(H,18,19). The third-order valence-electron chi connectivity index (χ3n) is 3.46. The van der Waals surface area contributed by atoms with Crippen LogP contribution in [-0.2, 0) is 16.0 Å². The Kier molecular flexibility index (Phi) is 4.92. The number of aromatic nitrogens is 1. The maximum atomic E-state index is 11.7. The zero-order valence-electron chi connectivity index (χ0n) is 11.2. The van der Waals surface area contributed by atoms with Crippen LogP contribution in [0.2, 0.25) is 0 Å². The van der Waals surface area contributed by atoms with Gasteiger partial charge in [0.25, 0.3) is 0 Å². The molecule has 0 aromatic carbocycles. The summed E-state index contributed by atoms with van der Waals surface area (Å²) in [7, 11) is 0. The molecule has 0 saturated carbocycles. The SMILES string of the molecule is O=C(Cc1ccncc1)OCC1CCN(C(=O)O)CC1. The molecule has 0 atom stereocenters. The maximum absolute atomic E-state index is 11.7. The third-order valence-corrected chi connectivity index (χ3v) is 3.46. The molecule has 2 heterocycles. The van der Waals surface area contributed by atoms with Gasteiger partial charge in [0.1, 0.15) is 0 Å². The van der Waals surface area contributed by atoms with Crippen LogP contribution in [-0.4, -0.2) is 46.7 Å². The Morgan fingerprint density at radius 3 is 2.55 bits per heavy atom. The Hall–Kier alpha value is -2.11. The topological polar surface area (TPSA) is 79.7 Å². The summed E-state index contributed by atoms with van der Waals surface area (Å²) >= 11 is 0. The number of pyridine rings is 1. The Bertz CT molecular complexity index is 456. The van der Waals surface area contributed by atoms with Crippen molar-refractivity contribution >= 4 is 12.1 Å². The van der Waals surface area contributed by atoms with Crippen LogP contribution < -0.4 is 0 Å². The molecule has 0 aliphatic carbocycles. The van der Waals surface area contributed by atoms with Gasteiger partial charge in [-0.2, -0.15) is 0 Å². The van der Waals surface area contributed by atoms with Crippen LogP contribution >= 0.6 is 0 Å². The number of carbonyl (C=O) groups is 2. The minimum Gasteiger partial charge on any atom is -0.465 e. The molecule has 0 spiro atoms. The van der Waals surface area contributed by atoms with Gasteiger partial charge in [0.15, 0.2) is 0 Å². The maximum Gasteiger partial charge on any atom is 0.407 e. The van der Waals surface area contributed by atoms with Crippen LogP contribution in [0.15, 0.2) is 24.5 Å². The van der Waals surface area contributed by atoms with E-state index in [4.69, 9.17) is 9.84 Å². The first kappa shape index (κ1) is 14.3. The van der Waals surface area contributed by atoms with Gasteiger partial charge in [0.05, 0.1) is 13.0 Å². The van der Waals surface area contributed by atoms with Crippen LogP contribution in [0.4, 0.5) is 4.79 Å². The zero-order valence-corrected chi connectivity index (χ0v) is 11.2. The van der Waals surface area contributed by atoms with Crippen LogP contribution in [0, 0.1) is 5.92 Å². The molecule has 0 bridgehead atoms. The molecule has 20 heavy (non-hydrogen) atoms. The fraction of sp³-hybridized carbons (Fsp3) is 0.500. The number of rotatable bonds is 4. The molecule has 2 rings (SSSR count). The van der Waals surface area contributed by atoms with Gasteiger partial charge in [0.2, 0.25) is 0 Å². The lowest BCUT2D eigenvalue weighted by Crippen LogP contribution is -2.38. The lowest BCUT2D eigenvalue weighted by atomic mass is 9.98. The monoisotopic (exact) mass is 278 g/mol. The van der Waals surface area contributed by atoms with Crippen molar-refractivity contribution < 1.29 is 19.4 Å². The van der Waals surface area contributed by atoms with E-state index in [0.29, 0.717) is 19.7 Å². The zero-order chi connectivity index (χ0) is 14.4. The van der Waals surface area contributed by atoms with E-state index in [9.17, 15) is 9.59 Å². The van der Waals surface area contributed by atoms with E-state index in [1.165, 1.54) is 4.90 Å². The van der Waals surface area contributed by atoms with Gasteiger partial charge in [-0.3, -0.25) is 9.78 Å². The summed E-state index contributed by atoms with van der Waals surface area (Å²) in [5, 5.41) is 8.84. The molecule has 6 nitrogen and oxygen atoms in total. The molecule has 1 saturated heterocycles. The smallest absolute Gasteiger partial charge is 0.407 e. The summed E-state index contributed by atoms with van der Waals surface area (Å²) < 4.78 is 5.26. The molecule has 6 heteroatoms. The Balaban J connectivity index is 1.68. The van der Waals surface area contributed by atoms with Crippen LogP contribution in [0.25, 0.3) is 0 Å². The van der Waals surface area contributed by atoms with Crippen molar-refractivity contribution in [2.75, 3.05) is 19.7 Å². The summed E-state index contributed by atoms with van der Waals surface area (Å²) in [5.41, 5.74) is 0.880. The second-order valence-corrected chi connectivity index (χ2v) is 4.93. The molecule has 1 aliphatic rings. The molecule has 0 radical (unpaired) electrons. The largest absolute Gasteiger partial charge is 0.465 e. The van der Waals surface area contributed by atoms with Crippen molar-refractivity contribution in [2.45, 2.75) is 19.3 Å². The highest BCUT2D eigenvalue weighted by molar-refractivity contribution is 5.72. The number of amides is 1. The molecule has 0 unspecified atom stereocenters. The second kappa shape index (κ2) is 6.88. The number of ether oxygens (including phenoxy) is 1. The molecule has 1 aromatic heterocycles. The summed E-state index contributed by atoms with van der Waals surface area (Å²) in [4.78, 5) is 27.7. The quantitative estimate of drug-likeness (QED) is 0.845. The number of hydrogen-bond acceptors (Lipinski definition) is 4. The minimum atomic E-state index is -0.877. The average molecular weight is 278 g/mol. The number of carboxylic acid groups (broad SMARTS) is 1. The first-order valence-corrected chi connectivity index (χ1v) is 6.67. The van der Waals surface area contributed by atoms with Gasteiger partial charge in [-0.15, -0.1) is 0 Å². The fourth-order valence-electron chi connectivity index (χ4n) is 2.22. The number of esters is 1. The number of nitrogens with zero attached hydrogens (tertiary/aromatic N) is 2. The normalized spacial score (nSPS) is 15.9. The highest BCUT2D eigenvalue weighted by atomic mass is 16.5. The highest BCUT2D eigenvalue weighted by Gasteiger charge is 2.23. The van der Waals surface area contributed by atoms with Gasteiger partial charge in [0, 0.05) is 25.5 Å². The Morgan fingerprint density at radius 2 is 1.95 bits per heavy atom. The first-order valence-electron chi connectivity index (χ1n) is 6.67. The predicted octanol–water partition coefficient (Wildman–Crippen LogP) is 1.56. The first-order chi connectivity index (χ1) is 9.65. The highest BCUT2D eigenvalue weighted by Crippen LogP contribution is 2.17. The number of piperidine rings is 1. The Morgan fingerprint density at radius 1 is 1.30 bits per heavy atom. The second-order valence-electron chi connectivity index (χ2n) is 4.93. The molecule has 1 aromatic rings. The molecule has 1 aliphatic heterocycles.